The summed E-state index contributed by atoms with van der Waals surface area (Å²) in [5.41, 5.74) is 1.04. The maximum atomic E-state index is 12.6. The Balaban J connectivity index is 1.38. The number of rotatable bonds is 4. The number of nitrogens with zero attached hydrogens (tertiary/aromatic N) is 1. The number of nitrogens with one attached hydrogen (secondary N) is 1. The lowest BCUT2D eigenvalue weighted by Gasteiger charge is -2.33. The third-order valence-electron chi connectivity index (χ3n) is 4.73. The van der Waals surface area contributed by atoms with Crippen LogP contribution in [0.1, 0.15) is 21.3 Å². The van der Waals surface area contributed by atoms with Crippen LogP contribution in [0.2, 0.25) is 5.02 Å². The van der Waals surface area contributed by atoms with Crippen molar-refractivity contribution < 1.29 is 14.3 Å². The van der Waals surface area contributed by atoms with Crippen LogP contribution in [-0.2, 0) is 9.53 Å². The van der Waals surface area contributed by atoms with E-state index in [9.17, 15) is 9.59 Å². The van der Waals surface area contributed by atoms with Gasteiger partial charge in [0.1, 0.15) is 11.0 Å². The average Bonchev–Trinajstić information content (AvgIpc) is 3.09. The molecule has 1 aliphatic rings. The maximum absolute atomic E-state index is 12.6. The number of ether oxygens (including phenoxy) is 1. The van der Waals surface area contributed by atoms with Gasteiger partial charge in [0.25, 0.3) is 5.91 Å². The lowest BCUT2D eigenvalue weighted by molar-refractivity contribution is -0.137. The van der Waals surface area contributed by atoms with Crippen LogP contribution < -0.4 is 5.32 Å². The number of morpholine rings is 1. The highest BCUT2D eigenvalue weighted by molar-refractivity contribution is 7.21. The number of halogens is 1. The summed E-state index contributed by atoms with van der Waals surface area (Å²) in [4.78, 5) is 27.3. The second-order valence-corrected chi connectivity index (χ2v) is 7.96. The Kier molecular flexibility index (Phi) is 5.62. The van der Waals surface area contributed by atoms with Crippen LogP contribution in [0.4, 0.5) is 0 Å². The predicted octanol–water partition coefficient (Wildman–Crippen LogP) is 3.88. The van der Waals surface area contributed by atoms with E-state index in [1.165, 1.54) is 11.3 Å². The van der Waals surface area contributed by atoms with Gasteiger partial charge in [-0.3, -0.25) is 9.59 Å². The number of fused-ring (bicyclic) bond motifs is 1. The van der Waals surface area contributed by atoms with E-state index in [0.717, 1.165) is 15.6 Å². The Hall–Kier alpha value is -2.41. The van der Waals surface area contributed by atoms with Crippen LogP contribution in [0.25, 0.3) is 10.1 Å². The minimum atomic E-state index is -0.326. The first-order valence-corrected chi connectivity index (χ1v) is 10.2. The molecule has 0 aliphatic carbocycles. The zero-order valence-electron chi connectivity index (χ0n) is 15.1. The lowest BCUT2D eigenvalue weighted by Crippen LogP contribution is -2.46. The molecule has 1 aliphatic heterocycles. The van der Waals surface area contributed by atoms with Crippen LogP contribution in [0.5, 0.6) is 0 Å². The van der Waals surface area contributed by atoms with Crippen molar-refractivity contribution in [3.05, 3.63) is 70.1 Å². The lowest BCUT2D eigenvalue weighted by atomic mass is 10.1. The summed E-state index contributed by atoms with van der Waals surface area (Å²) in [7, 11) is 0. The van der Waals surface area contributed by atoms with Gasteiger partial charge in [0.2, 0.25) is 5.91 Å². The Labute approximate surface area is 171 Å². The van der Waals surface area contributed by atoms with Gasteiger partial charge in [-0.25, -0.2) is 0 Å². The van der Waals surface area contributed by atoms with Gasteiger partial charge in [0.15, 0.2) is 0 Å². The molecule has 3 aromatic rings. The van der Waals surface area contributed by atoms with E-state index in [-0.39, 0.29) is 24.5 Å². The fraction of sp³-hybridized carbons (Fsp3) is 0.238. The van der Waals surface area contributed by atoms with Gasteiger partial charge in [-0.05, 0) is 11.6 Å². The highest BCUT2D eigenvalue weighted by atomic mass is 35.5. The summed E-state index contributed by atoms with van der Waals surface area (Å²) in [6, 6.07) is 17.4. The minimum Gasteiger partial charge on any atom is -0.370 e. The van der Waals surface area contributed by atoms with E-state index in [4.69, 9.17) is 16.3 Å². The molecule has 0 saturated carbocycles. The number of hydrogen-bond donors (Lipinski definition) is 1. The van der Waals surface area contributed by atoms with Crippen LogP contribution in [0, 0.1) is 0 Å². The van der Waals surface area contributed by atoms with Gasteiger partial charge in [0.05, 0.1) is 24.7 Å². The molecule has 144 valence electrons. The van der Waals surface area contributed by atoms with E-state index in [1.54, 1.807) is 4.90 Å². The Bertz CT molecular complexity index is 1010. The quantitative estimate of drug-likeness (QED) is 0.704. The van der Waals surface area contributed by atoms with Crippen LogP contribution in [0.15, 0.2) is 54.6 Å². The zero-order chi connectivity index (χ0) is 19.5. The Morgan fingerprint density at radius 1 is 1.14 bits per heavy atom. The van der Waals surface area contributed by atoms with Crippen molar-refractivity contribution >= 4 is 44.8 Å². The van der Waals surface area contributed by atoms with Gasteiger partial charge in [-0.1, -0.05) is 60.1 Å². The molecule has 0 bridgehead atoms. The van der Waals surface area contributed by atoms with Crippen LogP contribution in [-0.4, -0.2) is 43.0 Å². The van der Waals surface area contributed by atoms with E-state index in [1.807, 2.05) is 54.6 Å². The van der Waals surface area contributed by atoms with E-state index >= 15 is 0 Å². The van der Waals surface area contributed by atoms with E-state index in [0.29, 0.717) is 29.6 Å². The van der Waals surface area contributed by atoms with Crippen molar-refractivity contribution in [2.75, 3.05) is 26.2 Å². The minimum absolute atomic E-state index is 0.0646. The summed E-state index contributed by atoms with van der Waals surface area (Å²) in [6.45, 7) is 1.40. The number of amides is 2. The van der Waals surface area contributed by atoms with Crippen molar-refractivity contribution in [2.24, 2.45) is 0 Å². The molecule has 28 heavy (non-hydrogen) atoms. The van der Waals surface area contributed by atoms with E-state index < -0.39 is 0 Å². The molecule has 1 saturated heterocycles. The summed E-state index contributed by atoms with van der Waals surface area (Å²) in [5, 5.41) is 3.99. The van der Waals surface area contributed by atoms with Crippen molar-refractivity contribution in [3.63, 3.8) is 0 Å². The molecule has 0 radical (unpaired) electrons. The first kappa shape index (κ1) is 18.9. The second kappa shape index (κ2) is 8.31. The third kappa shape index (κ3) is 3.90. The smallest absolute Gasteiger partial charge is 0.263 e. The molecule has 2 aromatic carbocycles. The largest absolute Gasteiger partial charge is 0.370 e. The van der Waals surface area contributed by atoms with Gasteiger partial charge in [-0.15, -0.1) is 11.3 Å². The Morgan fingerprint density at radius 2 is 1.89 bits per heavy atom. The highest BCUT2D eigenvalue weighted by Gasteiger charge is 2.26. The SMILES string of the molecule is O=C(NCC(=O)N1CCOC(c2ccccc2)C1)c1sc2ccccc2c1Cl. The highest BCUT2D eigenvalue weighted by Crippen LogP contribution is 2.34. The Morgan fingerprint density at radius 3 is 2.68 bits per heavy atom. The molecule has 7 heteroatoms. The first-order valence-electron chi connectivity index (χ1n) is 9.03. The van der Waals surface area contributed by atoms with Crippen LogP contribution in [0.3, 0.4) is 0 Å². The molecular formula is C21H19ClN2O3S. The molecule has 4 rings (SSSR count). The van der Waals surface area contributed by atoms with Gasteiger partial charge in [-0.2, -0.15) is 0 Å². The standard InChI is InChI=1S/C21H19ClN2O3S/c22-19-15-8-4-5-9-17(15)28-20(19)21(26)23-12-18(25)24-10-11-27-16(13-24)14-6-2-1-3-7-14/h1-9,16H,10-13H2,(H,23,26). The summed E-state index contributed by atoms with van der Waals surface area (Å²) < 4.78 is 6.74. The fourth-order valence-electron chi connectivity index (χ4n) is 3.25. The molecular weight excluding hydrogens is 396 g/mol. The van der Waals surface area contributed by atoms with Crippen molar-refractivity contribution in [2.45, 2.75) is 6.10 Å². The fourth-order valence-corrected chi connectivity index (χ4v) is 4.69. The number of carbonyl (C=O) groups is 2. The third-order valence-corrected chi connectivity index (χ3v) is 6.41. The summed E-state index contributed by atoms with van der Waals surface area (Å²) >= 11 is 7.67. The first-order chi connectivity index (χ1) is 13.6. The van der Waals surface area contributed by atoms with Crippen molar-refractivity contribution in [3.8, 4) is 0 Å². The second-order valence-electron chi connectivity index (χ2n) is 6.53. The molecule has 5 nitrogen and oxygen atoms in total. The number of hydrogen-bond acceptors (Lipinski definition) is 4. The molecule has 2 heterocycles. The predicted molar refractivity (Wildman–Crippen MR) is 111 cm³/mol. The summed E-state index contributed by atoms with van der Waals surface area (Å²) in [5.74, 6) is -0.456. The number of thiophene rings is 1. The molecule has 1 unspecified atom stereocenters. The molecule has 0 spiro atoms. The zero-order valence-corrected chi connectivity index (χ0v) is 16.6. The molecule has 1 aromatic heterocycles. The summed E-state index contributed by atoms with van der Waals surface area (Å²) in [6.07, 6.45) is -0.147. The average molecular weight is 415 g/mol. The molecule has 1 N–H and O–H groups in total. The number of benzene rings is 2. The van der Waals surface area contributed by atoms with Gasteiger partial charge < -0.3 is 15.0 Å². The number of carbonyl (C=O) groups excluding carboxylic acids is 2. The molecule has 1 fully saturated rings. The van der Waals surface area contributed by atoms with Crippen molar-refractivity contribution in [1.29, 1.82) is 0 Å². The molecule has 2 amide bonds. The molecule has 1 atom stereocenters. The maximum Gasteiger partial charge on any atom is 0.263 e. The van der Waals surface area contributed by atoms with Gasteiger partial charge in [0, 0.05) is 16.6 Å². The normalized spacial score (nSPS) is 16.9. The topological polar surface area (TPSA) is 58.6 Å². The monoisotopic (exact) mass is 414 g/mol. The van der Waals surface area contributed by atoms with Crippen LogP contribution >= 0.6 is 22.9 Å². The van der Waals surface area contributed by atoms with Gasteiger partial charge >= 0.3 is 0 Å². The van der Waals surface area contributed by atoms with E-state index in [2.05, 4.69) is 5.32 Å². The van der Waals surface area contributed by atoms with Crippen molar-refractivity contribution in [1.82, 2.24) is 10.2 Å².